The van der Waals surface area contributed by atoms with Crippen LogP contribution in [0.25, 0.3) is 10.4 Å². The maximum Gasteiger partial charge on any atom is 0.302 e. The number of fused-ring (bicyclic) bond motifs is 4. The highest BCUT2D eigenvalue weighted by Crippen LogP contribution is 2.72. The minimum atomic E-state index is -1.38. The average Bonchev–Trinajstić information content (AvgIpc) is 3.30. The lowest BCUT2D eigenvalue weighted by Gasteiger charge is -2.62. The first-order chi connectivity index (χ1) is 22.1. The molecule has 5 rings (SSSR count). The Bertz CT molecular complexity index is 1250. The molecule has 4 aliphatic carbocycles. The van der Waals surface area contributed by atoms with Gasteiger partial charge in [-0.2, -0.15) is 5.06 Å². The van der Waals surface area contributed by atoms with Crippen molar-refractivity contribution in [1.82, 2.24) is 5.06 Å². The number of aliphatic hydroxyl groups excluding tert-OH is 3. The van der Waals surface area contributed by atoms with Gasteiger partial charge in [0.15, 0.2) is 0 Å². The summed E-state index contributed by atoms with van der Waals surface area (Å²) in [6, 6.07) is -1.08. The van der Waals surface area contributed by atoms with Crippen LogP contribution in [0.5, 0.6) is 0 Å². The molecular weight excluding hydrogens is 600 g/mol. The summed E-state index contributed by atoms with van der Waals surface area (Å²) in [4.78, 5) is 20.4. The number of nitrogens with zero attached hydrogens (tertiary/aromatic N) is 4. The number of carbonyl (C=O) groups excluding carboxylic acids is 1. The summed E-state index contributed by atoms with van der Waals surface area (Å²) in [5.74, 6) is 1.42. The minimum Gasteiger partial charge on any atom is -0.462 e. The molecule has 266 valence electrons. The molecule has 0 aromatic carbocycles. The van der Waals surface area contributed by atoms with E-state index in [1.165, 1.54) is 33.3 Å². The van der Waals surface area contributed by atoms with Crippen LogP contribution in [0.2, 0.25) is 0 Å². The van der Waals surface area contributed by atoms with E-state index in [-0.39, 0.29) is 33.7 Å². The van der Waals surface area contributed by atoms with Gasteiger partial charge in [0.05, 0.1) is 19.8 Å². The van der Waals surface area contributed by atoms with Crippen molar-refractivity contribution < 1.29 is 34.4 Å². The molecule has 11 nitrogen and oxygen atoms in total. The number of hydroxylamine groups is 2. The molecule has 0 unspecified atom stereocenters. The third-order valence-corrected chi connectivity index (χ3v) is 14.4. The highest BCUT2D eigenvalue weighted by molar-refractivity contribution is 5.66. The molecular formula is C36H60N4O7. The van der Waals surface area contributed by atoms with Gasteiger partial charge in [-0.3, -0.25) is 9.63 Å². The monoisotopic (exact) mass is 660 g/mol. The Labute approximate surface area is 281 Å². The van der Waals surface area contributed by atoms with E-state index in [9.17, 15) is 20.1 Å². The highest BCUT2D eigenvalue weighted by Gasteiger charge is 2.63. The van der Waals surface area contributed by atoms with Gasteiger partial charge in [-0.05, 0) is 104 Å². The first-order valence-electron chi connectivity index (χ1n) is 18.0. The van der Waals surface area contributed by atoms with Crippen LogP contribution in [0.4, 0.5) is 0 Å². The number of hydrogen-bond donors (Lipinski definition) is 3. The largest absolute Gasteiger partial charge is 0.462 e. The number of esters is 1. The van der Waals surface area contributed by atoms with Crippen LogP contribution in [-0.2, 0) is 19.1 Å². The van der Waals surface area contributed by atoms with E-state index in [1.807, 2.05) is 0 Å². The van der Waals surface area contributed by atoms with Crippen LogP contribution >= 0.6 is 0 Å². The van der Waals surface area contributed by atoms with Crippen LogP contribution in [0, 0.1) is 39.4 Å². The molecule has 3 fully saturated rings. The second-order valence-electron chi connectivity index (χ2n) is 16.7. The van der Waals surface area contributed by atoms with Crippen molar-refractivity contribution in [2.45, 2.75) is 149 Å². The lowest BCUT2D eigenvalue weighted by molar-refractivity contribution is -0.301. The quantitative estimate of drug-likeness (QED) is 0.0637. The number of aliphatic hydroxyl groups is 3. The first-order valence-corrected chi connectivity index (χ1v) is 18.0. The lowest BCUT2D eigenvalue weighted by Crippen LogP contribution is -2.62. The van der Waals surface area contributed by atoms with Crippen molar-refractivity contribution >= 4 is 5.97 Å². The molecule has 1 heterocycles. The Morgan fingerprint density at radius 2 is 1.81 bits per heavy atom. The molecule has 3 N–H and O–H groups in total. The van der Waals surface area contributed by atoms with Gasteiger partial charge in [0, 0.05) is 23.8 Å². The second kappa shape index (κ2) is 13.5. The summed E-state index contributed by atoms with van der Waals surface area (Å²) < 4.78 is 11.8. The van der Waals surface area contributed by atoms with E-state index in [4.69, 9.17) is 19.8 Å². The van der Waals surface area contributed by atoms with E-state index in [0.717, 1.165) is 44.9 Å². The summed E-state index contributed by atoms with van der Waals surface area (Å²) in [5.41, 5.74) is 13.1. The minimum absolute atomic E-state index is 0.0159. The molecule has 2 saturated carbocycles. The summed E-state index contributed by atoms with van der Waals surface area (Å²) in [7, 11) is 1.52. The topological polar surface area (TPSA) is 157 Å². The third kappa shape index (κ3) is 5.96. The van der Waals surface area contributed by atoms with Gasteiger partial charge in [-0.15, -0.1) is 0 Å². The van der Waals surface area contributed by atoms with Crippen molar-refractivity contribution in [3.63, 3.8) is 0 Å². The number of rotatable bonds is 10. The van der Waals surface area contributed by atoms with Crippen LogP contribution in [0.15, 0.2) is 16.3 Å². The standard InChI is InChI=1S/C36H60N4O7/c1-21(10-9-19-40(45-8)32-29(38-39-37)31(44)30(43)26(20-41)47-32)23-13-17-36(7)25-11-12-27-33(3,4)28(46-22(2)42)15-16-34(27,5)24(25)14-18-35(23,36)6/h21,23,26-32,41,43-44H,9-20H2,1-8H3/t21-,23-,26-,27+,28+,29-,30-,31-,32-,34-,35-,36+/m1/s1. The Morgan fingerprint density at radius 1 is 1.09 bits per heavy atom. The molecule has 0 amide bonds. The third-order valence-electron chi connectivity index (χ3n) is 14.4. The van der Waals surface area contributed by atoms with Crippen molar-refractivity contribution in [2.75, 3.05) is 20.3 Å². The Morgan fingerprint density at radius 3 is 2.45 bits per heavy atom. The van der Waals surface area contributed by atoms with Crippen LogP contribution < -0.4 is 0 Å². The number of hydrogen-bond acceptors (Lipinski definition) is 9. The molecule has 5 aliphatic rings. The smallest absolute Gasteiger partial charge is 0.302 e. The predicted molar refractivity (Wildman–Crippen MR) is 177 cm³/mol. The summed E-state index contributed by atoms with van der Waals surface area (Å²) in [6.45, 7) is 16.2. The zero-order valence-electron chi connectivity index (χ0n) is 29.9. The van der Waals surface area contributed by atoms with Crippen molar-refractivity contribution in [3.05, 3.63) is 21.6 Å². The Hall–Kier alpha value is -1.72. The van der Waals surface area contributed by atoms with Crippen molar-refractivity contribution in [1.29, 1.82) is 0 Å². The molecule has 11 heteroatoms. The summed E-state index contributed by atoms with van der Waals surface area (Å²) >= 11 is 0. The van der Waals surface area contributed by atoms with Gasteiger partial charge in [0.2, 0.25) is 0 Å². The number of azide groups is 1. The van der Waals surface area contributed by atoms with Crippen LogP contribution in [0.3, 0.4) is 0 Å². The molecule has 1 aliphatic heterocycles. The van der Waals surface area contributed by atoms with Gasteiger partial charge in [-0.1, -0.05) is 57.8 Å². The molecule has 0 aromatic heterocycles. The molecule has 1 saturated heterocycles. The maximum atomic E-state index is 11.9. The van der Waals surface area contributed by atoms with Gasteiger partial charge in [-0.25, -0.2) is 0 Å². The molecule has 0 spiro atoms. The number of carbonyl (C=O) groups is 1. The second-order valence-corrected chi connectivity index (χ2v) is 16.7. The SMILES string of the molecule is CON(CCC[C@@H](C)[C@H]1CC[C@@]2(C)C3=C(CC[C@]12C)[C@@]1(C)CC[C@H](OC(C)=O)C(C)(C)[C@@H]1CC3)[C@@H]1O[C@H](CO)[C@@H](O)[C@H](O)[C@H]1N=[N+]=[N-]. The van der Waals surface area contributed by atoms with Gasteiger partial charge < -0.3 is 24.8 Å². The molecule has 0 radical (unpaired) electrons. The van der Waals surface area contributed by atoms with Gasteiger partial charge >= 0.3 is 5.97 Å². The molecule has 12 atom stereocenters. The van der Waals surface area contributed by atoms with Gasteiger partial charge in [0.25, 0.3) is 0 Å². The maximum absolute atomic E-state index is 11.9. The normalized spacial score (nSPS) is 43.4. The fourth-order valence-corrected chi connectivity index (χ4v) is 11.6. The van der Waals surface area contributed by atoms with E-state index in [0.29, 0.717) is 24.3 Å². The number of allylic oxidation sites excluding steroid dienone is 2. The van der Waals surface area contributed by atoms with E-state index >= 15 is 0 Å². The first kappa shape index (κ1) is 36.6. The van der Waals surface area contributed by atoms with E-state index in [1.54, 1.807) is 16.2 Å². The Kier molecular flexibility index (Phi) is 10.5. The Balaban J connectivity index is 1.28. The average molecular weight is 661 g/mol. The fourth-order valence-electron chi connectivity index (χ4n) is 11.6. The molecule has 47 heavy (non-hydrogen) atoms. The lowest BCUT2D eigenvalue weighted by atomic mass is 9.43. The zero-order valence-corrected chi connectivity index (χ0v) is 29.9. The van der Waals surface area contributed by atoms with Gasteiger partial charge in [0.1, 0.15) is 30.6 Å². The van der Waals surface area contributed by atoms with E-state index in [2.05, 4.69) is 51.6 Å². The van der Waals surface area contributed by atoms with Crippen LogP contribution in [-0.4, -0.2) is 83.3 Å². The summed E-state index contributed by atoms with van der Waals surface area (Å²) in [6.07, 6.45) is 6.20. The molecule has 0 bridgehead atoms. The molecule has 0 aromatic rings. The fraction of sp³-hybridized carbons (Fsp3) is 0.917. The van der Waals surface area contributed by atoms with Crippen LogP contribution in [0.1, 0.15) is 113 Å². The predicted octanol–water partition coefficient (Wildman–Crippen LogP) is 6.07. The van der Waals surface area contributed by atoms with E-state index < -0.39 is 37.2 Å². The summed E-state index contributed by atoms with van der Waals surface area (Å²) in [5, 5.41) is 35.9. The highest BCUT2D eigenvalue weighted by atomic mass is 16.7. The zero-order chi connectivity index (χ0) is 34.5. The number of ether oxygens (including phenoxy) is 2. The van der Waals surface area contributed by atoms with Crippen molar-refractivity contribution in [3.8, 4) is 0 Å². The van der Waals surface area contributed by atoms with Crippen molar-refractivity contribution in [2.24, 2.45) is 44.5 Å².